The fourth-order valence-electron chi connectivity index (χ4n) is 2.91. The van der Waals surface area contributed by atoms with Crippen molar-refractivity contribution < 1.29 is 9.47 Å². The average Bonchev–Trinajstić information content (AvgIpc) is 2.99. The number of benzene rings is 1. The highest BCUT2D eigenvalue weighted by Crippen LogP contribution is 2.40. The minimum absolute atomic E-state index is 0.408. The van der Waals surface area contributed by atoms with E-state index in [2.05, 4.69) is 28.4 Å². The number of hydrogen-bond donors (Lipinski definition) is 1. The second-order valence-corrected chi connectivity index (χ2v) is 7.20. The lowest BCUT2D eigenvalue weighted by Gasteiger charge is -2.20. The summed E-state index contributed by atoms with van der Waals surface area (Å²) < 4.78 is 13.5. The molecule has 1 aliphatic heterocycles. The van der Waals surface area contributed by atoms with Crippen LogP contribution in [0, 0.1) is 6.92 Å². The third-order valence-corrected chi connectivity index (χ3v) is 5.46. The van der Waals surface area contributed by atoms with Crippen molar-refractivity contribution in [1.82, 2.24) is 19.5 Å². The Kier molecular flexibility index (Phi) is 4.58. The van der Waals surface area contributed by atoms with Crippen LogP contribution in [0.15, 0.2) is 28.5 Å². The summed E-state index contributed by atoms with van der Waals surface area (Å²) in [5.41, 5.74) is 8.56. The SMILES string of the molecule is CCCCn1c(Sc2cc3c(cc2C)OCCO3)nc2c(N)ncnc21. The zero-order chi connectivity index (χ0) is 18.1. The first-order chi connectivity index (χ1) is 12.7. The smallest absolute Gasteiger partial charge is 0.175 e. The van der Waals surface area contributed by atoms with Crippen molar-refractivity contribution in [2.45, 2.75) is 43.3 Å². The summed E-state index contributed by atoms with van der Waals surface area (Å²) in [6.07, 6.45) is 3.63. The van der Waals surface area contributed by atoms with Crippen LogP contribution in [0.3, 0.4) is 0 Å². The van der Waals surface area contributed by atoms with E-state index < -0.39 is 0 Å². The average molecular weight is 371 g/mol. The molecule has 1 aliphatic rings. The summed E-state index contributed by atoms with van der Waals surface area (Å²) in [5, 5.41) is 0.862. The summed E-state index contributed by atoms with van der Waals surface area (Å²) >= 11 is 1.59. The molecule has 8 heteroatoms. The summed E-state index contributed by atoms with van der Waals surface area (Å²) in [6.45, 7) is 6.23. The fourth-order valence-corrected chi connectivity index (χ4v) is 3.92. The quantitative estimate of drug-likeness (QED) is 0.735. The molecule has 0 fully saturated rings. The van der Waals surface area contributed by atoms with Gasteiger partial charge < -0.3 is 19.8 Å². The van der Waals surface area contributed by atoms with Crippen LogP contribution in [0.1, 0.15) is 25.3 Å². The normalized spacial score (nSPS) is 13.3. The van der Waals surface area contributed by atoms with Crippen LogP contribution >= 0.6 is 11.8 Å². The summed E-state index contributed by atoms with van der Waals surface area (Å²) in [7, 11) is 0. The van der Waals surface area contributed by atoms with Crippen LogP contribution in [0.25, 0.3) is 11.2 Å². The molecule has 136 valence electrons. The van der Waals surface area contributed by atoms with Crippen LogP contribution in [0.2, 0.25) is 0 Å². The Hall–Kier alpha value is -2.48. The summed E-state index contributed by atoms with van der Waals surface area (Å²) in [5.74, 6) is 1.98. The molecule has 0 atom stereocenters. The Morgan fingerprint density at radius 1 is 1.19 bits per heavy atom. The number of imidazole rings is 1. The third kappa shape index (κ3) is 3.05. The van der Waals surface area contributed by atoms with Crippen molar-refractivity contribution in [1.29, 1.82) is 0 Å². The second-order valence-electron chi connectivity index (χ2n) is 6.19. The number of anilines is 1. The molecule has 3 heterocycles. The standard InChI is InChI=1S/C18H21N5O2S/c1-3-4-5-23-17-15(16(19)20-10-21-17)22-18(23)26-14-9-13-12(8-11(14)2)24-6-7-25-13/h8-10H,3-7H2,1-2H3,(H2,19,20,21). The Morgan fingerprint density at radius 3 is 2.73 bits per heavy atom. The molecule has 2 aromatic heterocycles. The van der Waals surface area contributed by atoms with Crippen molar-refractivity contribution in [3.05, 3.63) is 24.0 Å². The molecule has 0 saturated heterocycles. The lowest BCUT2D eigenvalue weighted by Crippen LogP contribution is -2.15. The van der Waals surface area contributed by atoms with Crippen molar-refractivity contribution in [2.75, 3.05) is 18.9 Å². The molecule has 7 nitrogen and oxygen atoms in total. The summed E-state index contributed by atoms with van der Waals surface area (Å²) in [4.78, 5) is 14.3. The Morgan fingerprint density at radius 2 is 1.96 bits per heavy atom. The largest absolute Gasteiger partial charge is 0.486 e. The molecule has 0 aliphatic carbocycles. The van der Waals surface area contributed by atoms with Crippen LogP contribution in [0.5, 0.6) is 11.5 Å². The first-order valence-electron chi connectivity index (χ1n) is 8.72. The van der Waals surface area contributed by atoms with Crippen LogP contribution in [-0.4, -0.2) is 32.7 Å². The molecular formula is C18H21N5O2S. The van der Waals surface area contributed by atoms with Gasteiger partial charge in [-0.05, 0) is 31.0 Å². The van der Waals surface area contributed by atoms with Gasteiger partial charge in [-0.3, -0.25) is 0 Å². The zero-order valence-electron chi connectivity index (χ0n) is 14.9. The molecule has 3 aromatic rings. The van der Waals surface area contributed by atoms with Gasteiger partial charge in [-0.15, -0.1) is 0 Å². The molecule has 0 spiro atoms. The van der Waals surface area contributed by atoms with Crippen LogP contribution in [0.4, 0.5) is 5.82 Å². The third-order valence-electron chi connectivity index (χ3n) is 4.30. The molecule has 4 rings (SSSR count). The molecule has 0 bridgehead atoms. The molecular weight excluding hydrogens is 350 g/mol. The topological polar surface area (TPSA) is 88.1 Å². The molecule has 2 N–H and O–H groups in total. The number of fused-ring (bicyclic) bond motifs is 2. The Labute approximate surface area is 155 Å². The van der Waals surface area contributed by atoms with E-state index in [1.807, 2.05) is 12.1 Å². The lowest BCUT2D eigenvalue weighted by molar-refractivity contribution is 0.171. The number of unbranched alkanes of at least 4 members (excludes halogenated alkanes) is 1. The molecule has 1 aromatic carbocycles. The van der Waals surface area contributed by atoms with Crippen molar-refractivity contribution in [2.24, 2.45) is 0 Å². The van der Waals surface area contributed by atoms with Crippen LogP contribution in [-0.2, 0) is 6.54 Å². The van der Waals surface area contributed by atoms with E-state index in [1.54, 1.807) is 11.8 Å². The molecule has 0 saturated carbocycles. The summed E-state index contributed by atoms with van der Waals surface area (Å²) in [6, 6.07) is 4.04. The van der Waals surface area contributed by atoms with Gasteiger partial charge in [0.25, 0.3) is 0 Å². The maximum atomic E-state index is 6.01. The van der Waals surface area contributed by atoms with E-state index in [9.17, 15) is 0 Å². The molecule has 0 amide bonds. The van der Waals surface area contributed by atoms with Gasteiger partial charge in [-0.25, -0.2) is 15.0 Å². The van der Waals surface area contributed by atoms with E-state index in [-0.39, 0.29) is 0 Å². The molecule has 0 unspecified atom stereocenters. The van der Waals surface area contributed by atoms with Crippen molar-refractivity contribution in [3.8, 4) is 11.5 Å². The van der Waals surface area contributed by atoms with Gasteiger partial charge in [-0.1, -0.05) is 25.1 Å². The van der Waals surface area contributed by atoms with Crippen molar-refractivity contribution >= 4 is 28.7 Å². The first kappa shape index (κ1) is 17.0. The number of ether oxygens (including phenoxy) is 2. The maximum absolute atomic E-state index is 6.01. The minimum atomic E-state index is 0.408. The van der Waals surface area contributed by atoms with Gasteiger partial charge in [0.05, 0.1) is 0 Å². The molecule has 0 radical (unpaired) electrons. The fraction of sp³-hybridized carbons (Fsp3) is 0.389. The highest BCUT2D eigenvalue weighted by atomic mass is 32.2. The first-order valence-corrected chi connectivity index (χ1v) is 9.54. The monoisotopic (exact) mass is 371 g/mol. The number of rotatable bonds is 5. The van der Waals surface area contributed by atoms with E-state index in [1.165, 1.54) is 6.33 Å². The van der Waals surface area contributed by atoms with Gasteiger partial charge in [0.2, 0.25) is 0 Å². The van der Waals surface area contributed by atoms with E-state index in [4.69, 9.17) is 20.2 Å². The van der Waals surface area contributed by atoms with Gasteiger partial charge >= 0.3 is 0 Å². The van der Waals surface area contributed by atoms with Gasteiger partial charge in [0.15, 0.2) is 33.6 Å². The maximum Gasteiger partial charge on any atom is 0.175 e. The predicted octanol–water partition coefficient (Wildman–Crippen LogP) is 3.44. The molecule has 26 heavy (non-hydrogen) atoms. The number of nitrogen functional groups attached to an aromatic ring is 1. The van der Waals surface area contributed by atoms with E-state index >= 15 is 0 Å². The highest BCUT2D eigenvalue weighted by Gasteiger charge is 2.19. The highest BCUT2D eigenvalue weighted by molar-refractivity contribution is 7.99. The van der Waals surface area contributed by atoms with E-state index in [0.717, 1.165) is 52.1 Å². The number of aryl methyl sites for hydroxylation is 2. The Balaban J connectivity index is 1.76. The zero-order valence-corrected chi connectivity index (χ0v) is 15.7. The van der Waals surface area contributed by atoms with Crippen LogP contribution < -0.4 is 15.2 Å². The van der Waals surface area contributed by atoms with E-state index in [0.29, 0.717) is 24.5 Å². The number of aromatic nitrogens is 4. The van der Waals surface area contributed by atoms with Gasteiger partial charge in [0.1, 0.15) is 19.5 Å². The lowest BCUT2D eigenvalue weighted by atomic mass is 10.2. The number of hydrogen-bond acceptors (Lipinski definition) is 7. The minimum Gasteiger partial charge on any atom is -0.486 e. The van der Waals surface area contributed by atoms with Gasteiger partial charge in [-0.2, -0.15) is 0 Å². The number of nitrogens with two attached hydrogens (primary N) is 1. The van der Waals surface area contributed by atoms with Crippen molar-refractivity contribution in [3.63, 3.8) is 0 Å². The Bertz CT molecular complexity index is 956. The van der Waals surface area contributed by atoms with Gasteiger partial charge in [0, 0.05) is 11.4 Å². The predicted molar refractivity (Wildman–Crippen MR) is 101 cm³/mol. The second kappa shape index (κ2) is 7.03. The number of nitrogens with zero attached hydrogens (tertiary/aromatic N) is 4.